The zero-order chi connectivity index (χ0) is 22.0. The van der Waals surface area contributed by atoms with Crippen LogP contribution in [0.2, 0.25) is 0 Å². The second kappa shape index (κ2) is 8.99. The molecule has 0 amide bonds. The summed E-state index contributed by atoms with van der Waals surface area (Å²) in [5, 5.41) is 20.7. The van der Waals surface area contributed by atoms with E-state index in [2.05, 4.69) is 53.8 Å². The summed E-state index contributed by atoms with van der Waals surface area (Å²) in [4.78, 5) is 20.6. The van der Waals surface area contributed by atoms with Crippen LogP contribution in [0.5, 0.6) is 0 Å². The summed E-state index contributed by atoms with van der Waals surface area (Å²) in [6, 6.07) is 6.44. The molecule has 4 N–H and O–H groups in total. The Morgan fingerprint density at radius 1 is 1.16 bits per heavy atom. The van der Waals surface area contributed by atoms with Gasteiger partial charge >= 0.3 is 0 Å². The van der Waals surface area contributed by atoms with Gasteiger partial charge in [0.2, 0.25) is 5.95 Å². The van der Waals surface area contributed by atoms with Crippen LogP contribution in [0.1, 0.15) is 39.5 Å². The fourth-order valence-corrected chi connectivity index (χ4v) is 3.68. The lowest BCUT2D eigenvalue weighted by Gasteiger charge is -2.35. The quantitative estimate of drug-likeness (QED) is 0.476. The highest BCUT2D eigenvalue weighted by atomic mass is 16.3. The van der Waals surface area contributed by atoms with Gasteiger partial charge in [-0.3, -0.25) is 0 Å². The number of aromatic nitrogens is 4. The smallest absolute Gasteiger partial charge is 0.229 e. The highest BCUT2D eigenvalue weighted by molar-refractivity contribution is 5.89. The maximum absolute atomic E-state index is 9.97. The van der Waals surface area contributed by atoms with Gasteiger partial charge in [0.25, 0.3) is 0 Å². The molecule has 0 bridgehead atoms. The van der Waals surface area contributed by atoms with Gasteiger partial charge in [0.1, 0.15) is 11.3 Å². The van der Waals surface area contributed by atoms with Gasteiger partial charge in [-0.2, -0.15) is 0 Å². The van der Waals surface area contributed by atoms with Crippen molar-refractivity contribution in [3.63, 3.8) is 0 Å². The molecule has 9 nitrogen and oxygen atoms in total. The Labute approximate surface area is 182 Å². The van der Waals surface area contributed by atoms with Crippen LogP contribution < -0.4 is 20.9 Å². The van der Waals surface area contributed by atoms with Gasteiger partial charge < -0.3 is 26.0 Å². The molecule has 3 aromatic rings. The summed E-state index contributed by atoms with van der Waals surface area (Å²) in [5.74, 6) is 1.75. The lowest BCUT2D eigenvalue weighted by atomic mass is 10.2. The molecule has 31 heavy (non-hydrogen) atoms. The van der Waals surface area contributed by atoms with E-state index in [0.717, 1.165) is 30.7 Å². The van der Waals surface area contributed by atoms with Gasteiger partial charge in [0, 0.05) is 43.3 Å². The second-order valence-corrected chi connectivity index (χ2v) is 8.28. The second-order valence-electron chi connectivity index (χ2n) is 8.28. The summed E-state index contributed by atoms with van der Waals surface area (Å²) in [7, 11) is 0. The van der Waals surface area contributed by atoms with Crippen molar-refractivity contribution >= 4 is 34.2 Å². The third-order valence-electron chi connectivity index (χ3n) is 5.26. The van der Waals surface area contributed by atoms with E-state index in [4.69, 9.17) is 0 Å². The van der Waals surface area contributed by atoms with Crippen molar-refractivity contribution in [2.45, 2.75) is 45.9 Å². The van der Waals surface area contributed by atoms with E-state index in [1.165, 1.54) is 0 Å². The summed E-state index contributed by atoms with van der Waals surface area (Å²) in [6.45, 7) is 10.9. The maximum atomic E-state index is 9.97. The van der Waals surface area contributed by atoms with E-state index in [9.17, 15) is 5.11 Å². The van der Waals surface area contributed by atoms with Crippen molar-refractivity contribution in [1.82, 2.24) is 25.3 Å². The number of hydrogen-bond donors (Lipinski definition) is 4. The fraction of sp³-hybridized carbons (Fsp3) is 0.455. The fourth-order valence-electron chi connectivity index (χ4n) is 3.68. The largest absolute Gasteiger partial charge is 0.387 e. The Bertz CT molecular complexity index is 1040. The molecule has 0 unspecified atom stereocenters. The van der Waals surface area contributed by atoms with Crippen LogP contribution in [0, 0.1) is 0 Å². The van der Waals surface area contributed by atoms with Crippen molar-refractivity contribution in [2.75, 3.05) is 35.2 Å². The average molecular weight is 423 g/mol. The molecule has 164 valence electrons. The topological polar surface area (TPSA) is 111 Å². The Morgan fingerprint density at radius 3 is 2.68 bits per heavy atom. The van der Waals surface area contributed by atoms with Crippen LogP contribution in [0.25, 0.3) is 10.9 Å². The van der Waals surface area contributed by atoms with E-state index in [0.29, 0.717) is 34.8 Å². The normalized spacial score (nSPS) is 17.7. The predicted octanol–water partition coefficient (Wildman–Crippen LogP) is 2.84. The van der Waals surface area contributed by atoms with Crippen LogP contribution >= 0.6 is 0 Å². The van der Waals surface area contributed by atoms with E-state index < -0.39 is 6.10 Å². The third kappa shape index (κ3) is 4.83. The Hall–Kier alpha value is -3.04. The first kappa shape index (κ1) is 21.2. The molecule has 0 aliphatic carbocycles. The number of aliphatic hydroxyl groups excluding tert-OH is 1. The number of anilines is 4. The molecule has 0 spiro atoms. The number of rotatable bonds is 6. The average Bonchev–Trinajstić information content (AvgIpc) is 2.74. The minimum Gasteiger partial charge on any atom is -0.387 e. The molecule has 0 aromatic carbocycles. The molecular weight excluding hydrogens is 392 g/mol. The number of nitrogens with zero attached hydrogens (tertiary/aromatic N) is 5. The van der Waals surface area contributed by atoms with Gasteiger partial charge in [-0.25, -0.2) is 19.9 Å². The van der Waals surface area contributed by atoms with Crippen molar-refractivity contribution in [1.29, 1.82) is 0 Å². The molecule has 3 aromatic heterocycles. The zero-order valence-electron chi connectivity index (χ0n) is 18.4. The first-order valence-corrected chi connectivity index (χ1v) is 10.7. The van der Waals surface area contributed by atoms with E-state index in [1.54, 1.807) is 13.1 Å². The Balaban J connectivity index is 1.59. The van der Waals surface area contributed by atoms with Crippen LogP contribution in [0.15, 0.2) is 30.6 Å². The molecule has 0 radical (unpaired) electrons. The third-order valence-corrected chi connectivity index (χ3v) is 5.26. The molecule has 1 aliphatic rings. The highest BCUT2D eigenvalue weighted by Crippen LogP contribution is 2.26. The van der Waals surface area contributed by atoms with Gasteiger partial charge in [-0.05, 0) is 45.9 Å². The van der Waals surface area contributed by atoms with Crippen LogP contribution in [0.4, 0.5) is 23.3 Å². The SMILES string of the molecule is CC(C)Nc1nc([C@@H](C)O)cc2cnc(Nc3ccc(N4CCNC[C@H]4C)cn3)nc12. The lowest BCUT2D eigenvalue weighted by Crippen LogP contribution is -2.49. The number of nitrogens with one attached hydrogen (secondary N) is 3. The van der Waals surface area contributed by atoms with Gasteiger partial charge in [-0.1, -0.05) is 0 Å². The minimum atomic E-state index is -0.670. The number of fused-ring (bicyclic) bond motifs is 1. The van der Waals surface area contributed by atoms with Crippen molar-refractivity contribution in [3.05, 3.63) is 36.3 Å². The van der Waals surface area contributed by atoms with Gasteiger partial charge in [-0.15, -0.1) is 0 Å². The molecular formula is C22H30N8O. The molecule has 4 heterocycles. The summed E-state index contributed by atoms with van der Waals surface area (Å²) in [6.07, 6.45) is 2.95. The molecule has 2 atom stereocenters. The summed E-state index contributed by atoms with van der Waals surface area (Å²) < 4.78 is 0. The van der Waals surface area contributed by atoms with Crippen LogP contribution in [-0.4, -0.2) is 56.8 Å². The standard InChI is InChI=1S/C22H30N8O/c1-13(2)26-21-20-16(9-18(27-21)15(4)31)11-25-22(29-20)28-19-6-5-17(12-24-19)30-8-7-23-10-14(30)3/h5-6,9,11-15,23,31H,7-8,10H2,1-4H3,(H,26,27)(H,24,25,28,29)/t14-,15-/m1/s1. The molecule has 1 fully saturated rings. The first-order chi connectivity index (χ1) is 14.9. The number of pyridine rings is 2. The summed E-state index contributed by atoms with van der Waals surface area (Å²) >= 11 is 0. The first-order valence-electron chi connectivity index (χ1n) is 10.7. The molecule has 1 saturated heterocycles. The molecule has 0 saturated carbocycles. The zero-order valence-corrected chi connectivity index (χ0v) is 18.4. The van der Waals surface area contributed by atoms with Crippen LogP contribution in [0.3, 0.4) is 0 Å². The number of piperazine rings is 1. The maximum Gasteiger partial charge on any atom is 0.229 e. The van der Waals surface area contributed by atoms with Crippen LogP contribution in [-0.2, 0) is 0 Å². The minimum absolute atomic E-state index is 0.174. The Morgan fingerprint density at radius 2 is 2.00 bits per heavy atom. The monoisotopic (exact) mass is 422 g/mol. The van der Waals surface area contributed by atoms with E-state index >= 15 is 0 Å². The molecule has 9 heteroatoms. The van der Waals surface area contributed by atoms with Crippen molar-refractivity contribution in [3.8, 4) is 0 Å². The predicted molar refractivity (Wildman–Crippen MR) is 124 cm³/mol. The number of aliphatic hydroxyl groups is 1. The van der Waals surface area contributed by atoms with E-state index in [1.807, 2.05) is 32.2 Å². The molecule has 4 rings (SSSR count). The van der Waals surface area contributed by atoms with E-state index in [-0.39, 0.29) is 6.04 Å². The van der Waals surface area contributed by atoms with Crippen molar-refractivity contribution < 1.29 is 5.11 Å². The Kier molecular flexibility index (Phi) is 6.15. The molecule has 1 aliphatic heterocycles. The van der Waals surface area contributed by atoms with Gasteiger partial charge in [0.05, 0.1) is 23.7 Å². The summed E-state index contributed by atoms with van der Waals surface area (Å²) in [5.41, 5.74) is 2.39. The lowest BCUT2D eigenvalue weighted by molar-refractivity contribution is 0.194. The van der Waals surface area contributed by atoms with Crippen molar-refractivity contribution in [2.24, 2.45) is 0 Å². The number of hydrogen-bond acceptors (Lipinski definition) is 9. The highest BCUT2D eigenvalue weighted by Gasteiger charge is 2.18. The van der Waals surface area contributed by atoms with Gasteiger partial charge in [0.15, 0.2) is 5.82 Å².